The highest BCUT2D eigenvalue weighted by molar-refractivity contribution is 5.47. The topological polar surface area (TPSA) is 17.8 Å². The minimum absolute atomic E-state index is 0.0995. The van der Waals surface area contributed by atoms with Gasteiger partial charge in [0.25, 0.3) is 0 Å². The lowest BCUT2D eigenvalue weighted by molar-refractivity contribution is 0.525. The Morgan fingerprint density at radius 2 is 2.07 bits per heavy atom. The fraction of sp³-hybridized carbons (Fsp3) is 0.417. The molecule has 0 unspecified atom stereocenters. The van der Waals surface area contributed by atoms with E-state index in [0.717, 1.165) is 16.1 Å². The fourth-order valence-corrected chi connectivity index (χ4v) is 1.00. The van der Waals surface area contributed by atoms with Gasteiger partial charge in [-0.15, -0.1) is 0 Å². The summed E-state index contributed by atoms with van der Waals surface area (Å²) in [6.07, 6.45) is 3.87. The van der Waals surface area contributed by atoms with Gasteiger partial charge in [-0.2, -0.15) is 5.10 Å². The van der Waals surface area contributed by atoms with E-state index in [1.54, 1.807) is 4.68 Å². The van der Waals surface area contributed by atoms with E-state index in [9.17, 15) is 0 Å². The maximum absolute atomic E-state index is 4.13. The Labute approximate surface area is 85.3 Å². The van der Waals surface area contributed by atoms with Crippen LogP contribution in [0, 0.1) is 5.41 Å². The van der Waals surface area contributed by atoms with Crippen LogP contribution >= 0.6 is 0 Å². The molecule has 0 saturated heterocycles. The van der Waals surface area contributed by atoms with Gasteiger partial charge in [0.15, 0.2) is 0 Å². The Balaban J connectivity index is 3.19. The third-order valence-corrected chi connectivity index (χ3v) is 2.39. The monoisotopic (exact) mass is 190 g/mol. The Morgan fingerprint density at radius 3 is 2.43 bits per heavy atom. The van der Waals surface area contributed by atoms with Crippen LogP contribution in [0.25, 0.3) is 12.7 Å². The number of nitrogens with zero attached hydrogens (tertiary/aromatic N) is 2. The summed E-state index contributed by atoms with van der Waals surface area (Å²) in [6.45, 7) is 14.4. The summed E-state index contributed by atoms with van der Waals surface area (Å²) < 4.78 is 1.77. The number of allylic oxidation sites excluding steroid dienone is 1. The van der Waals surface area contributed by atoms with Crippen LogP contribution < -0.4 is 10.6 Å². The average molecular weight is 190 g/mol. The van der Waals surface area contributed by atoms with Crippen molar-refractivity contribution in [2.24, 2.45) is 12.5 Å². The minimum Gasteiger partial charge on any atom is -0.269 e. The Morgan fingerprint density at radius 1 is 1.50 bits per heavy atom. The van der Waals surface area contributed by atoms with Gasteiger partial charge in [-0.1, -0.05) is 33.9 Å². The molecule has 1 heterocycles. The Bertz CT molecular complexity index is 444. The first-order valence-corrected chi connectivity index (χ1v) is 4.70. The van der Waals surface area contributed by atoms with Gasteiger partial charge in [0.1, 0.15) is 0 Å². The number of hydrogen-bond acceptors (Lipinski definition) is 1. The van der Waals surface area contributed by atoms with Crippen molar-refractivity contribution in [2.45, 2.75) is 20.8 Å². The fourth-order valence-electron chi connectivity index (χ4n) is 1.00. The van der Waals surface area contributed by atoms with Crippen molar-refractivity contribution in [3.05, 3.63) is 28.9 Å². The molecule has 76 valence electrons. The van der Waals surface area contributed by atoms with Gasteiger partial charge in [-0.3, -0.25) is 4.68 Å². The summed E-state index contributed by atoms with van der Waals surface area (Å²) in [5.41, 5.74) is 1.19. The molecule has 0 aliphatic carbocycles. The third-order valence-electron chi connectivity index (χ3n) is 2.39. The lowest BCUT2D eigenvalue weighted by Gasteiger charge is -2.18. The van der Waals surface area contributed by atoms with Crippen LogP contribution in [0.4, 0.5) is 0 Å². The number of aromatic nitrogens is 2. The van der Waals surface area contributed by atoms with Crippen molar-refractivity contribution in [1.29, 1.82) is 0 Å². The lowest BCUT2D eigenvalue weighted by Crippen LogP contribution is -2.26. The van der Waals surface area contributed by atoms with Crippen LogP contribution in [0.1, 0.15) is 20.8 Å². The molecule has 0 radical (unpaired) electrons. The van der Waals surface area contributed by atoms with Gasteiger partial charge in [0.2, 0.25) is 0 Å². The molecule has 0 fully saturated rings. The van der Waals surface area contributed by atoms with E-state index in [2.05, 4.69) is 45.1 Å². The van der Waals surface area contributed by atoms with Gasteiger partial charge < -0.3 is 0 Å². The third kappa shape index (κ3) is 2.13. The standard InChI is InChI=1S/C12H18N2/c1-9(12(3,4)5)7-11-8-13-14(6)10(11)2/h7-8H,1-2H2,3-6H3/b11-7-. The maximum atomic E-state index is 4.13. The molecule has 2 heteroatoms. The number of rotatable bonds is 1. The van der Waals surface area contributed by atoms with Crippen molar-refractivity contribution < 1.29 is 0 Å². The summed E-state index contributed by atoms with van der Waals surface area (Å²) in [5, 5.41) is 6.11. The van der Waals surface area contributed by atoms with E-state index < -0.39 is 0 Å². The SMILES string of the molecule is C=C(/C=c1/cnn(C)c1=C)C(C)(C)C. The van der Waals surface area contributed by atoms with Crippen LogP contribution in [-0.2, 0) is 7.05 Å². The second-order valence-electron chi connectivity index (χ2n) is 4.59. The molecule has 0 spiro atoms. The summed E-state index contributed by atoms with van der Waals surface area (Å²) >= 11 is 0. The van der Waals surface area contributed by atoms with Crippen LogP contribution in [0.2, 0.25) is 0 Å². The number of hydrogen-bond donors (Lipinski definition) is 0. The van der Waals surface area contributed by atoms with Crippen molar-refractivity contribution in [1.82, 2.24) is 9.78 Å². The van der Waals surface area contributed by atoms with E-state index in [1.807, 2.05) is 13.2 Å². The van der Waals surface area contributed by atoms with Crippen molar-refractivity contribution in [3.8, 4) is 0 Å². The second kappa shape index (κ2) is 3.45. The highest BCUT2D eigenvalue weighted by Gasteiger charge is 2.12. The molecule has 0 aliphatic rings. The Hall–Kier alpha value is -1.31. The van der Waals surface area contributed by atoms with E-state index in [1.165, 1.54) is 0 Å². The molecule has 1 aromatic rings. The van der Waals surface area contributed by atoms with Crippen LogP contribution in [0.15, 0.2) is 18.3 Å². The molecule has 0 aromatic carbocycles. The molecule has 0 bridgehead atoms. The second-order valence-corrected chi connectivity index (χ2v) is 4.59. The molecule has 1 aromatic heterocycles. The van der Waals surface area contributed by atoms with Gasteiger partial charge in [0, 0.05) is 12.3 Å². The lowest BCUT2D eigenvalue weighted by atomic mass is 9.87. The number of aryl methyl sites for hydroxylation is 1. The maximum Gasteiger partial charge on any atom is 0.0607 e. The summed E-state index contributed by atoms with van der Waals surface area (Å²) in [4.78, 5) is 0. The first kappa shape index (κ1) is 10.8. The first-order chi connectivity index (χ1) is 6.32. The zero-order valence-electron chi connectivity index (χ0n) is 9.46. The van der Waals surface area contributed by atoms with Gasteiger partial charge >= 0.3 is 0 Å². The summed E-state index contributed by atoms with van der Waals surface area (Å²) in [6, 6.07) is 0. The first-order valence-electron chi connectivity index (χ1n) is 4.70. The smallest absolute Gasteiger partial charge is 0.0607 e. The van der Waals surface area contributed by atoms with Crippen molar-refractivity contribution in [3.63, 3.8) is 0 Å². The van der Waals surface area contributed by atoms with E-state index in [0.29, 0.717) is 0 Å². The molecule has 2 nitrogen and oxygen atoms in total. The quantitative estimate of drug-likeness (QED) is 0.651. The molecule has 14 heavy (non-hydrogen) atoms. The normalized spacial score (nSPS) is 13.3. The molecule has 0 atom stereocenters. The molecular formula is C12H18N2. The molecule has 1 rings (SSSR count). The van der Waals surface area contributed by atoms with Gasteiger partial charge in [-0.05, 0) is 17.1 Å². The van der Waals surface area contributed by atoms with Crippen LogP contribution in [-0.4, -0.2) is 9.78 Å². The summed E-state index contributed by atoms with van der Waals surface area (Å²) in [5.74, 6) is 0. The zero-order valence-corrected chi connectivity index (χ0v) is 9.46. The molecule has 0 saturated carbocycles. The average Bonchev–Trinajstić information content (AvgIpc) is 2.34. The highest BCUT2D eigenvalue weighted by atomic mass is 15.2. The minimum atomic E-state index is 0.0995. The van der Waals surface area contributed by atoms with Crippen LogP contribution in [0.3, 0.4) is 0 Å². The van der Waals surface area contributed by atoms with Crippen molar-refractivity contribution in [2.75, 3.05) is 0 Å². The van der Waals surface area contributed by atoms with Gasteiger partial charge in [0.05, 0.1) is 11.5 Å². The van der Waals surface area contributed by atoms with Gasteiger partial charge in [-0.25, -0.2) is 0 Å². The zero-order chi connectivity index (χ0) is 10.9. The Kier molecular flexibility index (Phi) is 2.65. The van der Waals surface area contributed by atoms with E-state index >= 15 is 0 Å². The van der Waals surface area contributed by atoms with Crippen molar-refractivity contribution >= 4 is 12.7 Å². The molecule has 0 aliphatic heterocycles. The highest BCUT2D eigenvalue weighted by Crippen LogP contribution is 2.23. The van der Waals surface area contributed by atoms with E-state index in [4.69, 9.17) is 0 Å². The molecule has 0 amide bonds. The predicted molar refractivity (Wildman–Crippen MR) is 61.0 cm³/mol. The largest absolute Gasteiger partial charge is 0.269 e. The predicted octanol–water partition coefficient (Wildman–Crippen LogP) is 1.21. The molecular weight excluding hydrogens is 172 g/mol. The summed E-state index contributed by atoms with van der Waals surface area (Å²) in [7, 11) is 1.89. The molecule has 0 N–H and O–H groups in total. The van der Waals surface area contributed by atoms with Crippen LogP contribution in [0.5, 0.6) is 0 Å². The van der Waals surface area contributed by atoms with E-state index in [-0.39, 0.29) is 5.41 Å².